The molecule has 0 radical (unpaired) electrons. The van der Waals surface area contributed by atoms with Crippen molar-refractivity contribution in [2.24, 2.45) is 0 Å². The summed E-state index contributed by atoms with van der Waals surface area (Å²) >= 11 is 0. The van der Waals surface area contributed by atoms with Crippen molar-refractivity contribution >= 4 is 5.97 Å². The molecular weight excluding hydrogens is 356 g/mol. The smallest absolute Gasteiger partial charge is 0.328 e. The quantitative estimate of drug-likeness (QED) is 0.111. The maximum absolute atomic E-state index is 10.3. The number of carboxylic acids is 1. The van der Waals surface area contributed by atoms with Crippen LogP contribution in [0.3, 0.4) is 0 Å². The summed E-state index contributed by atoms with van der Waals surface area (Å²) in [4.78, 5) is 10.3. The highest BCUT2D eigenvalue weighted by molar-refractivity contribution is 5.80. The summed E-state index contributed by atoms with van der Waals surface area (Å²) in [7, 11) is 0. The Balaban J connectivity index is 3.14. The number of carboxylic acid groups (broad SMARTS) is 1. The highest BCUT2D eigenvalue weighted by Crippen LogP contribution is 2.14. The van der Waals surface area contributed by atoms with Gasteiger partial charge < -0.3 is 5.11 Å². The Morgan fingerprint density at radius 1 is 0.552 bits per heavy atom. The largest absolute Gasteiger partial charge is 0.478 e. The van der Waals surface area contributed by atoms with Gasteiger partial charge in [0.1, 0.15) is 0 Å². The number of rotatable bonds is 22. The molecule has 0 aromatic rings. The van der Waals surface area contributed by atoms with Crippen LogP contribution >= 0.6 is 0 Å². The second-order valence-corrected chi connectivity index (χ2v) is 8.31. The highest BCUT2D eigenvalue weighted by Gasteiger charge is 1.94. The van der Waals surface area contributed by atoms with Gasteiger partial charge in [-0.15, -0.1) is 0 Å². The van der Waals surface area contributed by atoms with Crippen molar-refractivity contribution in [3.63, 3.8) is 0 Å². The molecule has 0 saturated carbocycles. The van der Waals surface area contributed by atoms with Gasteiger partial charge in [-0.25, -0.2) is 4.79 Å². The van der Waals surface area contributed by atoms with E-state index in [1.807, 2.05) is 12.2 Å². The summed E-state index contributed by atoms with van der Waals surface area (Å²) in [6, 6.07) is 0. The molecule has 0 aliphatic carbocycles. The summed E-state index contributed by atoms with van der Waals surface area (Å²) in [5.41, 5.74) is 0. The van der Waals surface area contributed by atoms with E-state index in [0.29, 0.717) is 0 Å². The average Bonchev–Trinajstić information content (AvgIpc) is 2.71. The minimum absolute atomic E-state index is 0.905. The third kappa shape index (κ3) is 26.7. The summed E-state index contributed by atoms with van der Waals surface area (Å²) in [5.74, 6) is -0.905. The fourth-order valence-electron chi connectivity index (χ4n) is 3.60. The van der Waals surface area contributed by atoms with Gasteiger partial charge in [0.2, 0.25) is 0 Å². The Labute approximate surface area is 181 Å². The van der Waals surface area contributed by atoms with E-state index in [-0.39, 0.29) is 0 Å². The zero-order chi connectivity index (χ0) is 21.3. The van der Waals surface area contributed by atoms with Crippen LogP contribution in [0.25, 0.3) is 0 Å². The van der Waals surface area contributed by atoms with Crippen LogP contribution in [0.1, 0.15) is 129 Å². The van der Waals surface area contributed by atoms with Crippen LogP contribution in [0.4, 0.5) is 0 Å². The molecule has 0 aromatic heterocycles. The van der Waals surface area contributed by atoms with E-state index in [0.717, 1.165) is 12.5 Å². The fraction of sp³-hybridized carbons (Fsp3) is 0.741. The summed E-state index contributed by atoms with van der Waals surface area (Å²) in [6.07, 6.45) is 37.0. The van der Waals surface area contributed by atoms with Gasteiger partial charge in [0.25, 0.3) is 0 Å². The van der Waals surface area contributed by atoms with Crippen LogP contribution in [0.15, 0.2) is 36.5 Å². The van der Waals surface area contributed by atoms with Crippen LogP contribution in [0.5, 0.6) is 0 Å². The second kappa shape index (κ2) is 24.7. The van der Waals surface area contributed by atoms with Crippen LogP contribution in [-0.2, 0) is 4.79 Å². The maximum atomic E-state index is 10.3. The molecule has 168 valence electrons. The Morgan fingerprint density at radius 2 is 0.931 bits per heavy atom. The SMILES string of the molecule is CCCCCCCCCCCCCCCCCCCC/C=C/C=C/C=C/C(=O)O. The zero-order valence-corrected chi connectivity index (χ0v) is 19.3. The van der Waals surface area contributed by atoms with Gasteiger partial charge in [0.05, 0.1) is 0 Å². The minimum atomic E-state index is -0.905. The van der Waals surface area contributed by atoms with E-state index in [1.165, 1.54) is 116 Å². The molecule has 29 heavy (non-hydrogen) atoms. The Bertz CT molecular complexity index is 420. The molecule has 0 atom stereocenters. The van der Waals surface area contributed by atoms with Crippen molar-refractivity contribution in [2.75, 3.05) is 0 Å². The van der Waals surface area contributed by atoms with Crippen molar-refractivity contribution in [3.8, 4) is 0 Å². The zero-order valence-electron chi connectivity index (χ0n) is 19.3. The molecule has 0 unspecified atom stereocenters. The first kappa shape index (κ1) is 27.7. The lowest BCUT2D eigenvalue weighted by Gasteiger charge is -2.03. The van der Waals surface area contributed by atoms with E-state index < -0.39 is 5.97 Å². The topological polar surface area (TPSA) is 37.3 Å². The van der Waals surface area contributed by atoms with Crippen LogP contribution in [0.2, 0.25) is 0 Å². The number of aliphatic carboxylic acids is 1. The molecule has 0 rings (SSSR count). The van der Waals surface area contributed by atoms with E-state index in [1.54, 1.807) is 12.2 Å². The lowest BCUT2D eigenvalue weighted by atomic mass is 10.0. The molecule has 1 N–H and O–H groups in total. The van der Waals surface area contributed by atoms with Gasteiger partial charge in [0.15, 0.2) is 0 Å². The number of hydrogen-bond acceptors (Lipinski definition) is 1. The number of carbonyl (C=O) groups is 1. The Hall–Kier alpha value is -1.31. The van der Waals surface area contributed by atoms with Gasteiger partial charge in [-0.2, -0.15) is 0 Å². The lowest BCUT2D eigenvalue weighted by Crippen LogP contribution is -1.84. The van der Waals surface area contributed by atoms with Gasteiger partial charge >= 0.3 is 5.97 Å². The second-order valence-electron chi connectivity index (χ2n) is 8.31. The third-order valence-corrected chi connectivity index (χ3v) is 5.43. The van der Waals surface area contributed by atoms with E-state index in [2.05, 4.69) is 13.0 Å². The van der Waals surface area contributed by atoms with Crippen molar-refractivity contribution in [2.45, 2.75) is 129 Å². The van der Waals surface area contributed by atoms with E-state index >= 15 is 0 Å². The predicted molar refractivity (Wildman–Crippen MR) is 128 cm³/mol. The first-order valence-corrected chi connectivity index (χ1v) is 12.5. The van der Waals surface area contributed by atoms with Gasteiger partial charge in [-0.1, -0.05) is 146 Å². The van der Waals surface area contributed by atoms with Crippen molar-refractivity contribution in [3.05, 3.63) is 36.5 Å². The molecule has 0 heterocycles. The molecule has 0 spiro atoms. The van der Waals surface area contributed by atoms with Gasteiger partial charge in [0, 0.05) is 6.08 Å². The van der Waals surface area contributed by atoms with Crippen LogP contribution in [0, 0.1) is 0 Å². The average molecular weight is 405 g/mol. The Morgan fingerprint density at radius 3 is 1.34 bits per heavy atom. The maximum Gasteiger partial charge on any atom is 0.328 e. The molecule has 0 bridgehead atoms. The van der Waals surface area contributed by atoms with Gasteiger partial charge in [-0.05, 0) is 12.8 Å². The minimum Gasteiger partial charge on any atom is -0.478 e. The monoisotopic (exact) mass is 404 g/mol. The summed E-state index contributed by atoms with van der Waals surface area (Å²) in [5, 5.41) is 8.45. The third-order valence-electron chi connectivity index (χ3n) is 5.43. The molecule has 0 amide bonds. The first-order chi connectivity index (χ1) is 14.3. The summed E-state index contributed by atoms with van der Waals surface area (Å²) < 4.78 is 0. The fourth-order valence-corrected chi connectivity index (χ4v) is 3.60. The predicted octanol–water partition coefficient (Wildman–Crippen LogP) is 9.17. The van der Waals surface area contributed by atoms with E-state index in [9.17, 15) is 4.79 Å². The molecule has 0 fully saturated rings. The van der Waals surface area contributed by atoms with Crippen molar-refractivity contribution < 1.29 is 9.90 Å². The van der Waals surface area contributed by atoms with Gasteiger partial charge in [-0.3, -0.25) is 0 Å². The molecule has 2 heteroatoms. The molecule has 0 aliphatic rings. The van der Waals surface area contributed by atoms with E-state index in [4.69, 9.17) is 5.11 Å². The standard InChI is InChI=1S/C27H48O2/c1-2-3-4-5-6-7-8-9-10-11-12-13-14-15-16-17-18-19-20-21-22-23-24-25-26-27(28)29/h21-26H,2-20H2,1H3,(H,28,29)/b22-21+,24-23+,26-25+. The number of unbranched alkanes of at least 4 members (excludes halogenated alkanes) is 18. The number of allylic oxidation sites excluding steroid dienone is 5. The van der Waals surface area contributed by atoms with Crippen molar-refractivity contribution in [1.29, 1.82) is 0 Å². The normalized spacial score (nSPS) is 12.0. The number of hydrogen-bond donors (Lipinski definition) is 1. The Kier molecular flexibility index (Phi) is 23.6. The lowest BCUT2D eigenvalue weighted by molar-refractivity contribution is -0.131. The first-order valence-electron chi connectivity index (χ1n) is 12.5. The molecule has 0 aliphatic heterocycles. The molecule has 2 nitrogen and oxygen atoms in total. The molecule has 0 aromatic carbocycles. The molecule has 0 saturated heterocycles. The highest BCUT2D eigenvalue weighted by atomic mass is 16.4. The van der Waals surface area contributed by atoms with Crippen LogP contribution < -0.4 is 0 Å². The molecular formula is C27H48O2. The summed E-state index contributed by atoms with van der Waals surface area (Å²) in [6.45, 7) is 2.29. The van der Waals surface area contributed by atoms with Crippen molar-refractivity contribution in [1.82, 2.24) is 0 Å². The van der Waals surface area contributed by atoms with Crippen LogP contribution in [-0.4, -0.2) is 11.1 Å².